The van der Waals surface area contributed by atoms with Crippen LogP contribution >= 0.6 is 0 Å². The third kappa shape index (κ3) is 3.03. The lowest BCUT2D eigenvalue weighted by atomic mass is 10.1. The van der Waals surface area contributed by atoms with Gasteiger partial charge in [0.15, 0.2) is 0 Å². The lowest BCUT2D eigenvalue weighted by Gasteiger charge is -2.19. The Labute approximate surface area is 91.9 Å². The molecule has 1 aromatic carbocycles. The third-order valence-electron chi connectivity index (χ3n) is 2.75. The summed E-state index contributed by atoms with van der Waals surface area (Å²) in [6.45, 7) is 5.13. The molecule has 1 aliphatic heterocycles. The van der Waals surface area contributed by atoms with Gasteiger partial charge in [0.2, 0.25) is 0 Å². The van der Waals surface area contributed by atoms with Crippen molar-refractivity contribution in [2.45, 2.75) is 32.7 Å². The van der Waals surface area contributed by atoms with Crippen LogP contribution in [0.25, 0.3) is 0 Å². The highest BCUT2D eigenvalue weighted by Gasteiger charge is 2.22. The van der Waals surface area contributed by atoms with Gasteiger partial charge in [-0.3, -0.25) is 4.90 Å². The van der Waals surface area contributed by atoms with Crippen molar-refractivity contribution in [3.8, 4) is 0 Å². The highest BCUT2D eigenvalue weighted by molar-refractivity contribution is 5.20. The molecule has 0 amide bonds. The van der Waals surface area contributed by atoms with E-state index in [1.807, 2.05) is 19.9 Å². The van der Waals surface area contributed by atoms with Gasteiger partial charge in [0, 0.05) is 6.04 Å². The van der Waals surface area contributed by atoms with E-state index in [9.17, 15) is 4.39 Å². The van der Waals surface area contributed by atoms with Crippen LogP contribution in [-0.4, -0.2) is 18.5 Å². The Kier molecular flexibility index (Phi) is 4.76. The predicted octanol–water partition coefficient (Wildman–Crippen LogP) is 3.62. The van der Waals surface area contributed by atoms with Crippen molar-refractivity contribution >= 4 is 0 Å². The minimum atomic E-state index is -0.127. The number of hydrogen-bond acceptors (Lipinski definition) is 1. The van der Waals surface area contributed by atoms with Crippen molar-refractivity contribution in [1.29, 1.82) is 0 Å². The van der Waals surface area contributed by atoms with Crippen LogP contribution in [0.1, 0.15) is 38.3 Å². The summed E-state index contributed by atoms with van der Waals surface area (Å²) in [5, 5.41) is 0. The van der Waals surface area contributed by atoms with Crippen molar-refractivity contribution in [2.24, 2.45) is 0 Å². The van der Waals surface area contributed by atoms with E-state index in [2.05, 4.69) is 11.9 Å². The molecule has 0 saturated carbocycles. The zero-order chi connectivity index (χ0) is 11.3. The Morgan fingerprint density at radius 3 is 2.60 bits per heavy atom. The van der Waals surface area contributed by atoms with Crippen LogP contribution in [0.5, 0.6) is 0 Å². The fourth-order valence-corrected chi connectivity index (χ4v) is 2.05. The summed E-state index contributed by atoms with van der Waals surface area (Å²) in [6, 6.07) is 7.37. The maximum Gasteiger partial charge on any atom is 0.123 e. The highest BCUT2D eigenvalue weighted by Crippen LogP contribution is 2.30. The lowest BCUT2D eigenvalue weighted by molar-refractivity contribution is 0.317. The lowest BCUT2D eigenvalue weighted by Crippen LogP contribution is -2.17. The fourth-order valence-electron chi connectivity index (χ4n) is 2.05. The standard InChI is InChI=1S/C11H14FN.C2H6/c1-13-7-3-6-11(13)9-4-2-5-10(12)8-9;1-2/h2,4-5,8,11H,3,6-7H2,1H3;1-2H3. The summed E-state index contributed by atoms with van der Waals surface area (Å²) in [5.41, 5.74) is 1.11. The summed E-state index contributed by atoms with van der Waals surface area (Å²) < 4.78 is 12.9. The zero-order valence-electron chi connectivity index (χ0n) is 9.83. The van der Waals surface area contributed by atoms with Gasteiger partial charge in [-0.1, -0.05) is 26.0 Å². The summed E-state index contributed by atoms with van der Waals surface area (Å²) in [4.78, 5) is 2.29. The molecule has 0 radical (unpaired) electrons. The molecule has 1 saturated heterocycles. The number of nitrogens with zero attached hydrogens (tertiary/aromatic N) is 1. The topological polar surface area (TPSA) is 3.24 Å². The van der Waals surface area contributed by atoms with Gasteiger partial charge in [-0.25, -0.2) is 4.39 Å². The van der Waals surface area contributed by atoms with Crippen LogP contribution in [0.2, 0.25) is 0 Å². The normalized spacial score (nSPS) is 20.9. The Bertz CT molecular complexity index is 298. The van der Waals surface area contributed by atoms with E-state index >= 15 is 0 Å². The number of benzene rings is 1. The van der Waals surface area contributed by atoms with E-state index in [0.717, 1.165) is 18.5 Å². The molecule has 1 aromatic rings. The van der Waals surface area contributed by atoms with E-state index in [1.165, 1.54) is 12.5 Å². The molecule has 1 unspecified atom stereocenters. The van der Waals surface area contributed by atoms with Crippen LogP contribution in [0.4, 0.5) is 4.39 Å². The Balaban J connectivity index is 0.000000531. The minimum absolute atomic E-state index is 0.127. The van der Waals surface area contributed by atoms with Gasteiger partial charge >= 0.3 is 0 Å². The van der Waals surface area contributed by atoms with Crippen molar-refractivity contribution in [3.63, 3.8) is 0 Å². The van der Waals surface area contributed by atoms with Gasteiger partial charge in [0.05, 0.1) is 0 Å². The Morgan fingerprint density at radius 2 is 2.07 bits per heavy atom. The SMILES string of the molecule is CC.CN1CCCC1c1cccc(F)c1. The number of likely N-dealkylation sites (tertiary alicyclic amines) is 1. The van der Waals surface area contributed by atoms with Crippen molar-refractivity contribution < 1.29 is 4.39 Å². The van der Waals surface area contributed by atoms with Gasteiger partial charge < -0.3 is 0 Å². The molecular weight excluding hydrogens is 189 g/mol. The second-order valence-electron chi connectivity index (χ2n) is 3.69. The van der Waals surface area contributed by atoms with Gasteiger partial charge in [0.25, 0.3) is 0 Å². The number of rotatable bonds is 1. The third-order valence-corrected chi connectivity index (χ3v) is 2.75. The smallest absolute Gasteiger partial charge is 0.123 e. The monoisotopic (exact) mass is 209 g/mol. The first-order valence-electron chi connectivity index (χ1n) is 5.73. The molecule has 0 aliphatic carbocycles. The fraction of sp³-hybridized carbons (Fsp3) is 0.538. The van der Waals surface area contributed by atoms with Crippen LogP contribution in [-0.2, 0) is 0 Å². The largest absolute Gasteiger partial charge is 0.299 e. The molecule has 0 bridgehead atoms. The zero-order valence-corrected chi connectivity index (χ0v) is 9.83. The van der Waals surface area contributed by atoms with Crippen LogP contribution in [0.15, 0.2) is 24.3 Å². The summed E-state index contributed by atoms with van der Waals surface area (Å²) in [5.74, 6) is -0.127. The molecule has 15 heavy (non-hydrogen) atoms. The highest BCUT2D eigenvalue weighted by atomic mass is 19.1. The molecule has 1 nitrogen and oxygen atoms in total. The first kappa shape index (κ1) is 12.2. The second kappa shape index (κ2) is 5.86. The molecule has 84 valence electrons. The van der Waals surface area contributed by atoms with E-state index in [-0.39, 0.29) is 5.82 Å². The first-order chi connectivity index (χ1) is 7.27. The van der Waals surface area contributed by atoms with E-state index in [0.29, 0.717) is 6.04 Å². The maximum atomic E-state index is 12.9. The molecule has 0 spiro atoms. The van der Waals surface area contributed by atoms with Crippen molar-refractivity contribution in [2.75, 3.05) is 13.6 Å². The maximum absolute atomic E-state index is 12.9. The molecule has 2 rings (SSSR count). The van der Waals surface area contributed by atoms with Gasteiger partial charge in [-0.15, -0.1) is 0 Å². The van der Waals surface area contributed by atoms with Crippen LogP contribution in [0, 0.1) is 5.82 Å². The number of halogens is 1. The molecule has 1 aliphatic rings. The molecule has 1 fully saturated rings. The molecule has 0 N–H and O–H groups in total. The van der Waals surface area contributed by atoms with Gasteiger partial charge in [-0.2, -0.15) is 0 Å². The quantitative estimate of drug-likeness (QED) is 0.683. The molecule has 2 heteroatoms. The van der Waals surface area contributed by atoms with E-state index < -0.39 is 0 Å². The van der Waals surface area contributed by atoms with E-state index in [1.54, 1.807) is 12.1 Å². The van der Waals surface area contributed by atoms with Crippen LogP contribution in [0.3, 0.4) is 0 Å². The Morgan fingerprint density at radius 1 is 1.33 bits per heavy atom. The van der Waals surface area contributed by atoms with Crippen molar-refractivity contribution in [1.82, 2.24) is 4.90 Å². The first-order valence-corrected chi connectivity index (χ1v) is 5.73. The van der Waals surface area contributed by atoms with Gasteiger partial charge in [0.1, 0.15) is 5.82 Å². The van der Waals surface area contributed by atoms with Gasteiger partial charge in [-0.05, 0) is 44.1 Å². The number of hydrogen-bond donors (Lipinski definition) is 0. The predicted molar refractivity (Wildman–Crippen MR) is 62.4 cm³/mol. The average Bonchev–Trinajstić information content (AvgIpc) is 2.67. The Hall–Kier alpha value is -0.890. The van der Waals surface area contributed by atoms with E-state index in [4.69, 9.17) is 0 Å². The molecular formula is C13H20FN. The van der Waals surface area contributed by atoms with Crippen molar-refractivity contribution in [3.05, 3.63) is 35.6 Å². The summed E-state index contributed by atoms with van der Waals surface area (Å²) >= 11 is 0. The summed E-state index contributed by atoms with van der Waals surface area (Å²) in [6.07, 6.45) is 2.37. The minimum Gasteiger partial charge on any atom is -0.299 e. The van der Waals surface area contributed by atoms with Crippen LogP contribution < -0.4 is 0 Å². The molecule has 1 atom stereocenters. The summed E-state index contributed by atoms with van der Waals surface area (Å²) in [7, 11) is 2.10. The molecule has 1 heterocycles. The second-order valence-corrected chi connectivity index (χ2v) is 3.69. The molecule has 0 aromatic heterocycles. The average molecular weight is 209 g/mol.